The summed E-state index contributed by atoms with van der Waals surface area (Å²) >= 11 is 0. The predicted octanol–water partition coefficient (Wildman–Crippen LogP) is 2.87. The van der Waals surface area contributed by atoms with Crippen molar-refractivity contribution in [2.75, 3.05) is 4.90 Å². The Labute approximate surface area is 134 Å². The Morgan fingerprint density at radius 2 is 1.88 bits per heavy atom. The van der Waals surface area contributed by atoms with Crippen molar-refractivity contribution in [3.63, 3.8) is 0 Å². The van der Waals surface area contributed by atoms with Crippen LogP contribution in [0.25, 0.3) is 0 Å². The highest BCUT2D eigenvalue weighted by molar-refractivity contribution is 6.31. The summed E-state index contributed by atoms with van der Waals surface area (Å²) in [5, 5.41) is 0. The van der Waals surface area contributed by atoms with Gasteiger partial charge in [0.25, 0.3) is 5.91 Å². The average molecular weight is 335 g/mol. The molecule has 0 spiro atoms. The van der Waals surface area contributed by atoms with Crippen LogP contribution < -0.4 is 4.90 Å². The first-order valence-electron chi connectivity index (χ1n) is 7.59. The molecule has 124 valence electrons. The Morgan fingerprint density at radius 1 is 1.12 bits per heavy atom. The summed E-state index contributed by atoms with van der Waals surface area (Å²) in [4.78, 5) is 38.2. The summed E-state index contributed by atoms with van der Waals surface area (Å²) in [6.07, 6.45) is -3.27. The van der Waals surface area contributed by atoms with E-state index >= 15 is 0 Å². The van der Waals surface area contributed by atoms with Gasteiger partial charge in [0.15, 0.2) is 0 Å². The van der Waals surface area contributed by atoms with E-state index in [-0.39, 0.29) is 17.9 Å². The number of allylic oxidation sites excluding steroid dienone is 1. The zero-order valence-electron chi connectivity index (χ0n) is 12.4. The van der Waals surface area contributed by atoms with E-state index in [1.165, 1.54) is 6.07 Å². The van der Waals surface area contributed by atoms with Crippen molar-refractivity contribution < 1.29 is 27.6 Å². The molecule has 5 rings (SSSR count). The molecule has 2 bridgehead atoms. The molecule has 2 atom stereocenters. The molecule has 0 radical (unpaired) electrons. The lowest BCUT2D eigenvalue weighted by molar-refractivity contribution is -0.137. The standard InChI is InChI=1S/C17H12F3NO3/c18-17(19,20)9-2-1-3-10(7-9)21-15(23)13-8-4-5-11(12(22)6-8)14(13)16(21)24/h1-3,7,11,14H,4-6H2. The molecular formula is C17H12F3NO3. The number of anilines is 1. The summed E-state index contributed by atoms with van der Waals surface area (Å²) in [6, 6.07) is 4.15. The lowest BCUT2D eigenvalue weighted by Gasteiger charge is -2.33. The fraction of sp³-hybridized carbons (Fsp3) is 0.353. The summed E-state index contributed by atoms with van der Waals surface area (Å²) in [5.74, 6) is -2.58. The number of alkyl halides is 3. The zero-order valence-corrected chi connectivity index (χ0v) is 12.4. The SMILES string of the molecule is O=C1CC2=C3C(=O)N(c4cccc(C(F)(F)F)c4)C(=O)C3C1CC2. The van der Waals surface area contributed by atoms with Gasteiger partial charge in [0.2, 0.25) is 5.91 Å². The van der Waals surface area contributed by atoms with E-state index in [2.05, 4.69) is 0 Å². The fourth-order valence-corrected chi connectivity index (χ4v) is 3.93. The van der Waals surface area contributed by atoms with E-state index in [0.29, 0.717) is 24.0 Å². The quantitative estimate of drug-likeness (QED) is 0.742. The van der Waals surface area contributed by atoms with Crippen molar-refractivity contribution >= 4 is 23.3 Å². The van der Waals surface area contributed by atoms with E-state index in [0.717, 1.165) is 23.1 Å². The molecule has 1 aliphatic heterocycles. The van der Waals surface area contributed by atoms with Gasteiger partial charge in [-0.05, 0) is 31.0 Å². The zero-order chi connectivity index (χ0) is 17.2. The number of nitrogens with zero attached hydrogens (tertiary/aromatic N) is 1. The van der Waals surface area contributed by atoms with Gasteiger partial charge in [-0.3, -0.25) is 14.4 Å². The van der Waals surface area contributed by atoms with Gasteiger partial charge in [-0.15, -0.1) is 0 Å². The third-order valence-electron chi connectivity index (χ3n) is 5.00. The lowest BCUT2D eigenvalue weighted by Crippen LogP contribution is -2.38. The highest BCUT2D eigenvalue weighted by atomic mass is 19.4. The van der Waals surface area contributed by atoms with Gasteiger partial charge in [-0.1, -0.05) is 11.6 Å². The Bertz CT molecular complexity index is 825. The second-order valence-electron chi connectivity index (χ2n) is 6.31. The Balaban J connectivity index is 1.80. The number of rotatable bonds is 1. The molecule has 2 unspecified atom stereocenters. The summed E-state index contributed by atoms with van der Waals surface area (Å²) in [7, 11) is 0. The smallest absolute Gasteiger partial charge is 0.299 e. The number of hydrogen-bond acceptors (Lipinski definition) is 3. The molecular weight excluding hydrogens is 323 g/mol. The van der Waals surface area contributed by atoms with Crippen LogP contribution in [-0.2, 0) is 20.6 Å². The topological polar surface area (TPSA) is 54.5 Å². The van der Waals surface area contributed by atoms with E-state index < -0.39 is 35.4 Å². The molecule has 2 fully saturated rings. The van der Waals surface area contributed by atoms with Gasteiger partial charge < -0.3 is 0 Å². The molecule has 24 heavy (non-hydrogen) atoms. The van der Waals surface area contributed by atoms with Crippen LogP contribution in [0, 0.1) is 11.8 Å². The van der Waals surface area contributed by atoms with E-state index in [4.69, 9.17) is 0 Å². The van der Waals surface area contributed by atoms with Crippen LogP contribution in [-0.4, -0.2) is 17.6 Å². The molecule has 1 aromatic carbocycles. The second kappa shape index (κ2) is 4.78. The first-order chi connectivity index (χ1) is 11.3. The molecule has 0 aromatic heterocycles. The number of ketones is 1. The molecule has 7 heteroatoms. The number of carbonyl (C=O) groups is 3. The first-order valence-corrected chi connectivity index (χ1v) is 7.59. The van der Waals surface area contributed by atoms with Gasteiger partial charge in [-0.2, -0.15) is 13.2 Å². The fourth-order valence-electron chi connectivity index (χ4n) is 3.93. The average Bonchev–Trinajstić information content (AvgIpc) is 2.80. The molecule has 4 nitrogen and oxygen atoms in total. The van der Waals surface area contributed by atoms with E-state index in [1.807, 2.05) is 0 Å². The van der Waals surface area contributed by atoms with Crippen molar-refractivity contribution in [2.24, 2.45) is 11.8 Å². The minimum atomic E-state index is -4.56. The maximum absolute atomic E-state index is 12.9. The predicted molar refractivity (Wildman–Crippen MR) is 76.8 cm³/mol. The molecule has 2 amide bonds. The summed E-state index contributed by atoms with van der Waals surface area (Å²) < 4.78 is 38.7. The van der Waals surface area contributed by atoms with Crippen molar-refractivity contribution in [2.45, 2.75) is 25.4 Å². The Morgan fingerprint density at radius 3 is 2.54 bits per heavy atom. The highest BCUT2D eigenvalue weighted by Crippen LogP contribution is 2.48. The summed E-state index contributed by atoms with van der Waals surface area (Å²) in [5.41, 5.74) is -0.0325. The van der Waals surface area contributed by atoms with Crippen molar-refractivity contribution in [3.05, 3.63) is 41.0 Å². The van der Waals surface area contributed by atoms with E-state index in [9.17, 15) is 27.6 Å². The molecule has 4 aliphatic rings. The molecule has 1 heterocycles. The molecule has 3 aliphatic carbocycles. The van der Waals surface area contributed by atoms with Crippen molar-refractivity contribution in [1.29, 1.82) is 0 Å². The van der Waals surface area contributed by atoms with Gasteiger partial charge in [0.05, 0.1) is 17.2 Å². The minimum absolute atomic E-state index is 0.0583. The number of imide groups is 1. The van der Waals surface area contributed by atoms with Crippen LogP contribution in [0.3, 0.4) is 0 Å². The largest absolute Gasteiger partial charge is 0.416 e. The minimum Gasteiger partial charge on any atom is -0.299 e. The van der Waals surface area contributed by atoms with Gasteiger partial charge >= 0.3 is 6.18 Å². The van der Waals surface area contributed by atoms with Crippen LogP contribution in [0.2, 0.25) is 0 Å². The van der Waals surface area contributed by atoms with Crippen LogP contribution in [0.5, 0.6) is 0 Å². The van der Waals surface area contributed by atoms with Crippen LogP contribution >= 0.6 is 0 Å². The van der Waals surface area contributed by atoms with Crippen molar-refractivity contribution in [3.8, 4) is 0 Å². The van der Waals surface area contributed by atoms with Crippen LogP contribution in [0.1, 0.15) is 24.8 Å². The molecule has 1 aromatic rings. The van der Waals surface area contributed by atoms with Crippen LogP contribution in [0.4, 0.5) is 18.9 Å². The number of hydrogen-bond donors (Lipinski definition) is 0. The number of amides is 2. The second-order valence-corrected chi connectivity index (χ2v) is 6.31. The normalized spacial score (nSPS) is 26.5. The van der Waals surface area contributed by atoms with Crippen LogP contribution in [0.15, 0.2) is 35.4 Å². The van der Waals surface area contributed by atoms with Gasteiger partial charge in [-0.25, -0.2) is 4.90 Å². The maximum Gasteiger partial charge on any atom is 0.416 e. The third-order valence-corrected chi connectivity index (χ3v) is 5.00. The maximum atomic E-state index is 12.9. The van der Waals surface area contributed by atoms with Crippen molar-refractivity contribution in [1.82, 2.24) is 0 Å². The Kier molecular flexibility index (Phi) is 3.01. The Hall–Kier alpha value is -2.44. The number of halogens is 3. The monoisotopic (exact) mass is 335 g/mol. The highest BCUT2D eigenvalue weighted by Gasteiger charge is 2.55. The third kappa shape index (κ3) is 1.96. The number of Topliss-reactive ketones (excluding diaryl/α,β-unsaturated/α-hetero) is 1. The summed E-state index contributed by atoms with van der Waals surface area (Å²) in [6.45, 7) is 0. The molecule has 1 saturated carbocycles. The number of benzene rings is 1. The first kappa shape index (κ1) is 15.1. The number of fused-ring (bicyclic) bond motifs is 2. The molecule has 0 N–H and O–H groups in total. The molecule has 1 saturated heterocycles. The van der Waals surface area contributed by atoms with Gasteiger partial charge in [0, 0.05) is 17.9 Å². The van der Waals surface area contributed by atoms with E-state index in [1.54, 1.807) is 0 Å². The number of carbonyl (C=O) groups excluding carboxylic acids is 3. The van der Waals surface area contributed by atoms with Gasteiger partial charge in [0.1, 0.15) is 5.78 Å². The lowest BCUT2D eigenvalue weighted by atomic mass is 9.67.